The van der Waals surface area contributed by atoms with E-state index in [1.807, 2.05) is 38.1 Å². The van der Waals surface area contributed by atoms with Gasteiger partial charge in [-0.05, 0) is 61.4 Å². The molecule has 0 bridgehead atoms. The Morgan fingerprint density at radius 1 is 0.955 bits per heavy atom. The predicted molar refractivity (Wildman–Crippen MR) is 89.8 cm³/mol. The Labute approximate surface area is 130 Å². The number of fused-ring (bicyclic) bond motifs is 1. The Kier molecular flexibility index (Phi) is 3.45. The van der Waals surface area contributed by atoms with E-state index in [2.05, 4.69) is 4.98 Å². The number of nitrogens with zero attached hydrogens (tertiary/aromatic N) is 1. The van der Waals surface area contributed by atoms with Crippen LogP contribution in [0.2, 0.25) is 0 Å². The van der Waals surface area contributed by atoms with Gasteiger partial charge in [0.1, 0.15) is 0 Å². The number of aromatic amines is 1. The average molecular weight is 314 g/mol. The Morgan fingerprint density at radius 3 is 2.45 bits per heavy atom. The number of rotatable bonds is 3. The number of sulfonamides is 1. The second kappa shape index (κ2) is 5.18. The summed E-state index contributed by atoms with van der Waals surface area (Å²) in [6.45, 7) is 3.98. The molecular weight excluding hydrogens is 296 g/mol. The van der Waals surface area contributed by atoms with E-state index >= 15 is 0 Å². The van der Waals surface area contributed by atoms with Crippen LogP contribution < -0.4 is 4.31 Å². The molecular formula is C17H18N2O2S. The van der Waals surface area contributed by atoms with E-state index in [0.717, 1.165) is 22.0 Å². The lowest BCUT2D eigenvalue weighted by Gasteiger charge is -2.20. The topological polar surface area (TPSA) is 53.2 Å². The first-order valence-corrected chi connectivity index (χ1v) is 8.47. The van der Waals surface area contributed by atoms with Gasteiger partial charge in [-0.2, -0.15) is 0 Å². The SMILES string of the molecule is Cc1ccc(N(C)S(=O)(=O)c2ccc3[nH]ccc3c2)cc1C. The molecule has 0 spiro atoms. The van der Waals surface area contributed by atoms with E-state index in [0.29, 0.717) is 10.6 Å². The van der Waals surface area contributed by atoms with Crippen molar-refractivity contribution in [3.63, 3.8) is 0 Å². The molecule has 5 heteroatoms. The summed E-state index contributed by atoms with van der Waals surface area (Å²) in [5, 5.41) is 0.884. The van der Waals surface area contributed by atoms with Crippen LogP contribution in [0.15, 0.2) is 53.6 Å². The third kappa shape index (κ3) is 2.37. The van der Waals surface area contributed by atoms with Crippen LogP contribution in [0.5, 0.6) is 0 Å². The van der Waals surface area contributed by atoms with Crippen LogP contribution in [0.1, 0.15) is 11.1 Å². The normalized spacial score (nSPS) is 11.8. The lowest BCUT2D eigenvalue weighted by molar-refractivity contribution is 0.594. The third-order valence-corrected chi connectivity index (χ3v) is 5.82. The van der Waals surface area contributed by atoms with E-state index in [1.54, 1.807) is 31.4 Å². The molecule has 3 aromatic rings. The fourth-order valence-corrected chi connectivity index (χ4v) is 3.63. The molecule has 114 valence electrons. The zero-order valence-corrected chi connectivity index (χ0v) is 13.6. The smallest absolute Gasteiger partial charge is 0.264 e. The summed E-state index contributed by atoms with van der Waals surface area (Å²) in [7, 11) is -1.99. The molecule has 0 aliphatic heterocycles. The van der Waals surface area contributed by atoms with Gasteiger partial charge in [0, 0.05) is 24.1 Å². The highest BCUT2D eigenvalue weighted by Gasteiger charge is 2.21. The second-order valence-corrected chi connectivity index (χ2v) is 7.44. The molecule has 0 aliphatic rings. The number of aromatic nitrogens is 1. The minimum absolute atomic E-state index is 0.292. The van der Waals surface area contributed by atoms with Gasteiger partial charge in [0.05, 0.1) is 10.6 Å². The van der Waals surface area contributed by atoms with Crippen molar-refractivity contribution < 1.29 is 8.42 Å². The second-order valence-electron chi connectivity index (χ2n) is 5.47. The Morgan fingerprint density at radius 2 is 1.73 bits per heavy atom. The molecule has 1 N–H and O–H groups in total. The number of H-pyrrole nitrogens is 1. The van der Waals surface area contributed by atoms with E-state index < -0.39 is 10.0 Å². The van der Waals surface area contributed by atoms with Crippen LogP contribution >= 0.6 is 0 Å². The van der Waals surface area contributed by atoms with Gasteiger partial charge in [-0.1, -0.05) is 6.07 Å². The van der Waals surface area contributed by atoms with Gasteiger partial charge >= 0.3 is 0 Å². The number of anilines is 1. The first kappa shape index (κ1) is 14.7. The van der Waals surface area contributed by atoms with Crippen molar-refractivity contribution >= 4 is 26.6 Å². The van der Waals surface area contributed by atoms with Crippen molar-refractivity contribution in [1.82, 2.24) is 4.98 Å². The molecule has 0 unspecified atom stereocenters. The largest absolute Gasteiger partial charge is 0.361 e. The highest BCUT2D eigenvalue weighted by molar-refractivity contribution is 7.92. The fraction of sp³-hybridized carbons (Fsp3) is 0.176. The van der Waals surface area contributed by atoms with Crippen LogP contribution in [0.3, 0.4) is 0 Å². The summed E-state index contributed by atoms with van der Waals surface area (Å²) >= 11 is 0. The molecule has 1 heterocycles. The maximum atomic E-state index is 12.8. The number of aryl methyl sites for hydroxylation is 2. The summed E-state index contributed by atoms with van der Waals surface area (Å²) in [5.74, 6) is 0. The van der Waals surface area contributed by atoms with Crippen LogP contribution in [-0.2, 0) is 10.0 Å². The van der Waals surface area contributed by atoms with Gasteiger partial charge in [-0.15, -0.1) is 0 Å². The summed E-state index contributed by atoms with van der Waals surface area (Å²) in [6.07, 6.45) is 1.80. The maximum absolute atomic E-state index is 12.8. The van der Waals surface area contributed by atoms with Crippen molar-refractivity contribution in [2.45, 2.75) is 18.7 Å². The average Bonchev–Trinajstić information content (AvgIpc) is 2.96. The molecule has 4 nitrogen and oxygen atoms in total. The highest BCUT2D eigenvalue weighted by Crippen LogP contribution is 2.26. The zero-order valence-electron chi connectivity index (χ0n) is 12.8. The molecule has 1 aromatic heterocycles. The van der Waals surface area contributed by atoms with Gasteiger partial charge in [0.15, 0.2) is 0 Å². The molecule has 0 fully saturated rings. The van der Waals surface area contributed by atoms with Crippen molar-refractivity contribution in [2.24, 2.45) is 0 Å². The van der Waals surface area contributed by atoms with E-state index in [1.165, 1.54) is 4.31 Å². The maximum Gasteiger partial charge on any atom is 0.264 e. The number of hydrogen-bond donors (Lipinski definition) is 1. The summed E-state index contributed by atoms with van der Waals surface area (Å²) < 4.78 is 26.9. The van der Waals surface area contributed by atoms with Gasteiger partial charge < -0.3 is 4.98 Å². The van der Waals surface area contributed by atoms with Crippen LogP contribution in [0.4, 0.5) is 5.69 Å². The van der Waals surface area contributed by atoms with Crippen molar-refractivity contribution in [1.29, 1.82) is 0 Å². The molecule has 0 amide bonds. The van der Waals surface area contributed by atoms with E-state index in [9.17, 15) is 8.42 Å². The van der Waals surface area contributed by atoms with E-state index in [-0.39, 0.29) is 0 Å². The number of benzene rings is 2. The molecule has 0 aliphatic carbocycles. The van der Waals surface area contributed by atoms with Gasteiger partial charge in [-0.25, -0.2) is 8.42 Å². The van der Waals surface area contributed by atoms with Gasteiger partial charge in [0.25, 0.3) is 10.0 Å². The quantitative estimate of drug-likeness (QED) is 0.803. The molecule has 2 aromatic carbocycles. The first-order chi connectivity index (χ1) is 10.4. The number of nitrogens with one attached hydrogen (secondary N) is 1. The van der Waals surface area contributed by atoms with Crippen molar-refractivity contribution in [2.75, 3.05) is 11.4 Å². The third-order valence-electron chi connectivity index (χ3n) is 4.04. The summed E-state index contributed by atoms with van der Waals surface area (Å²) in [4.78, 5) is 3.36. The molecule has 22 heavy (non-hydrogen) atoms. The number of hydrogen-bond acceptors (Lipinski definition) is 2. The minimum atomic E-state index is -3.57. The zero-order chi connectivity index (χ0) is 15.9. The minimum Gasteiger partial charge on any atom is -0.361 e. The predicted octanol–water partition coefficient (Wildman–Crippen LogP) is 3.61. The Hall–Kier alpha value is -2.27. The van der Waals surface area contributed by atoms with Crippen LogP contribution in [-0.4, -0.2) is 20.4 Å². The molecule has 3 rings (SSSR count). The Balaban J connectivity index is 2.05. The van der Waals surface area contributed by atoms with Crippen molar-refractivity contribution in [3.05, 3.63) is 59.8 Å². The molecule has 0 saturated heterocycles. The standard InChI is InChI=1S/C17H18N2O2S/c1-12-4-5-15(10-13(12)2)19(3)22(20,21)16-6-7-17-14(11-16)8-9-18-17/h4-11,18H,1-3H3. The molecule has 0 saturated carbocycles. The summed E-state index contributed by atoms with van der Waals surface area (Å²) in [5.41, 5.74) is 3.80. The monoisotopic (exact) mass is 314 g/mol. The Bertz CT molecular complexity index is 942. The fourth-order valence-electron chi connectivity index (χ4n) is 2.41. The van der Waals surface area contributed by atoms with E-state index in [4.69, 9.17) is 0 Å². The highest BCUT2D eigenvalue weighted by atomic mass is 32.2. The van der Waals surface area contributed by atoms with Crippen molar-refractivity contribution in [3.8, 4) is 0 Å². The molecule has 0 radical (unpaired) electrons. The van der Waals surface area contributed by atoms with Crippen LogP contribution in [0.25, 0.3) is 10.9 Å². The van der Waals surface area contributed by atoms with Gasteiger partial charge in [-0.3, -0.25) is 4.31 Å². The lowest BCUT2D eigenvalue weighted by atomic mass is 10.1. The summed E-state index contributed by atoms with van der Waals surface area (Å²) in [6, 6.07) is 12.6. The van der Waals surface area contributed by atoms with Crippen LogP contribution in [0, 0.1) is 13.8 Å². The van der Waals surface area contributed by atoms with Gasteiger partial charge in [0.2, 0.25) is 0 Å². The first-order valence-electron chi connectivity index (χ1n) is 7.03. The lowest BCUT2D eigenvalue weighted by Crippen LogP contribution is -2.26. The molecule has 0 atom stereocenters.